The number of nitrogens with zero attached hydrogens (tertiary/aromatic N) is 1. The molecule has 2 rings (SSSR count). The highest BCUT2D eigenvalue weighted by molar-refractivity contribution is 7.89. The normalized spacial score (nSPS) is 11.4. The molecule has 2 aromatic carbocycles. The second-order valence-electron chi connectivity index (χ2n) is 6.05. The summed E-state index contributed by atoms with van der Waals surface area (Å²) in [7, 11) is 1.84. The van der Waals surface area contributed by atoms with E-state index in [0.29, 0.717) is 18.7 Å². The topological polar surface area (TPSA) is 58.6 Å². The summed E-state index contributed by atoms with van der Waals surface area (Å²) in [4.78, 5) is 2.22. The van der Waals surface area contributed by atoms with Gasteiger partial charge in [-0.1, -0.05) is 25.1 Å². The standard InChI is InChI=1S/C19H26N2O3S/c1-5-15-8-11-18(24-4)19(14-15)25(22,23)20-13-12-16-6-9-17(10-7-16)21(2)3/h6-11,14,20H,5,12-13H2,1-4H3. The van der Waals surface area contributed by atoms with Gasteiger partial charge in [0.2, 0.25) is 10.0 Å². The van der Waals surface area contributed by atoms with Crippen molar-refractivity contribution >= 4 is 15.7 Å². The van der Waals surface area contributed by atoms with Crippen molar-refractivity contribution in [1.82, 2.24) is 4.72 Å². The number of sulfonamides is 1. The van der Waals surface area contributed by atoms with E-state index in [0.717, 1.165) is 23.2 Å². The van der Waals surface area contributed by atoms with Crippen molar-refractivity contribution in [3.63, 3.8) is 0 Å². The van der Waals surface area contributed by atoms with Crippen molar-refractivity contribution in [2.24, 2.45) is 0 Å². The molecule has 0 heterocycles. The quantitative estimate of drug-likeness (QED) is 0.784. The summed E-state index contributed by atoms with van der Waals surface area (Å²) >= 11 is 0. The van der Waals surface area contributed by atoms with Gasteiger partial charge >= 0.3 is 0 Å². The average Bonchev–Trinajstić information content (AvgIpc) is 2.61. The Morgan fingerprint density at radius 3 is 2.24 bits per heavy atom. The zero-order valence-electron chi connectivity index (χ0n) is 15.2. The molecule has 0 aliphatic heterocycles. The molecule has 2 aromatic rings. The van der Waals surface area contributed by atoms with Crippen LogP contribution in [0.25, 0.3) is 0 Å². The first kappa shape index (κ1) is 19.3. The Morgan fingerprint density at radius 1 is 1.04 bits per heavy atom. The molecule has 1 N–H and O–H groups in total. The van der Waals surface area contributed by atoms with E-state index >= 15 is 0 Å². The first-order valence-electron chi connectivity index (χ1n) is 8.30. The van der Waals surface area contributed by atoms with E-state index in [9.17, 15) is 8.42 Å². The van der Waals surface area contributed by atoms with Crippen LogP contribution in [0.3, 0.4) is 0 Å². The van der Waals surface area contributed by atoms with Gasteiger partial charge < -0.3 is 9.64 Å². The Balaban J connectivity index is 2.06. The SMILES string of the molecule is CCc1ccc(OC)c(S(=O)(=O)NCCc2ccc(N(C)C)cc2)c1. The third kappa shape index (κ3) is 4.96. The van der Waals surface area contributed by atoms with E-state index in [-0.39, 0.29) is 4.90 Å². The van der Waals surface area contributed by atoms with Crippen molar-refractivity contribution in [1.29, 1.82) is 0 Å². The summed E-state index contributed by atoms with van der Waals surface area (Å²) in [5.41, 5.74) is 3.16. The maximum atomic E-state index is 12.6. The number of methoxy groups -OCH3 is 1. The van der Waals surface area contributed by atoms with Crippen LogP contribution in [0.2, 0.25) is 0 Å². The van der Waals surface area contributed by atoms with Crippen molar-refractivity contribution in [3.05, 3.63) is 53.6 Å². The number of ether oxygens (including phenoxy) is 1. The third-order valence-electron chi connectivity index (χ3n) is 4.08. The first-order chi connectivity index (χ1) is 11.9. The minimum Gasteiger partial charge on any atom is -0.495 e. The molecule has 0 radical (unpaired) electrons. The molecule has 0 aromatic heterocycles. The summed E-state index contributed by atoms with van der Waals surface area (Å²) in [5, 5.41) is 0. The Hall–Kier alpha value is -2.05. The van der Waals surface area contributed by atoms with Crippen LogP contribution in [0.15, 0.2) is 47.4 Å². The monoisotopic (exact) mass is 362 g/mol. The van der Waals surface area contributed by atoms with Gasteiger partial charge in [0.15, 0.2) is 0 Å². The zero-order valence-corrected chi connectivity index (χ0v) is 16.1. The molecule has 25 heavy (non-hydrogen) atoms. The molecule has 0 unspecified atom stereocenters. The summed E-state index contributed by atoms with van der Waals surface area (Å²) < 4.78 is 33.1. The molecule has 0 bridgehead atoms. The van der Waals surface area contributed by atoms with Crippen LogP contribution < -0.4 is 14.4 Å². The molecule has 6 heteroatoms. The molecule has 5 nitrogen and oxygen atoms in total. The largest absolute Gasteiger partial charge is 0.495 e. The Kier molecular flexibility index (Phi) is 6.45. The van der Waals surface area contributed by atoms with Crippen molar-refractivity contribution in [2.45, 2.75) is 24.7 Å². The summed E-state index contributed by atoms with van der Waals surface area (Å²) in [6.07, 6.45) is 1.40. The molecule has 0 spiro atoms. The van der Waals surface area contributed by atoms with Crippen molar-refractivity contribution < 1.29 is 13.2 Å². The number of hydrogen-bond acceptors (Lipinski definition) is 4. The Morgan fingerprint density at radius 2 is 1.68 bits per heavy atom. The summed E-state index contributed by atoms with van der Waals surface area (Å²) in [5.74, 6) is 0.361. The fourth-order valence-corrected chi connectivity index (χ4v) is 3.77. The number of hydrogen-bond donors (Lipinski definition) is 1. The molecule has 0 aliphatic carbocycles. The van der Waals surface area contributed by atoms with E-state index < -0.39 is 10.0 Å². The van der Waals surface area contributed by atoms with Gasteiger partial charge in [0, 0.05) is 26.3 Å². The van der Waals surface area contributed by atoms with Crippen LogP contribution in [0.5, 0.6) is 5.75 Å². The fraction of sp³-hybridized carbons (Fsp3) is 0.368. The van der Waals surface area contributed by atoms with Crippen LogP contribution in [0.4, 0.5) is 5.69 Å². The second kappa shape index (κ2) is 8.36. The highest BCUT2D eigenvalue weighted by Crippen LogP contribution is 2.25. The molecule has 0 atom stereocenters. The predicted octanol–water partition coefficient (Wildman–Crippen LogP) is 2.84. The van der Waals surface area contributed by atoms with E-state index in [1.54, 1.807) is 12.1 Å². The lowest BCUT2D eigenvalue weighted by atomic mass is 10.1. The maximum absolute atomic E-state index is 12.6. The molecule has 0 amide bonds. The lowest BCUT2D eigenvalue weighted by Crippen LogP contribution is -2.26. The molecule has 0 saturated carbocycles. The van der Waals surface area contributed by atoms with Gasteiger partial charge in [0.05, 0.1) is 7.11 Å². The molecular weight excluding hydrogens is 336 g/mol. The van der Waals surface area contributed by atoms with Crippen LogP contribution in [-0.4, -0.2) is 36.2 Å². The maximum Gasteiger partial charge on any atom is 0.244 e. The minimum absolute atomic E-state index is 0.192. The van der Waals surface area contributed by atoms with Crippen LogP contribution >= 0.6 is 0 Å². The van der Waals surface area contributed by atoms with Gasteiger partial charge in [-0.05, 0) is 48.2 Å². The molecule has 0 saturated heterocycles. The minimum atomic E-state index is -3.61. The van der Waals surface area contributed by atoms with Gasteiger partial charge in [-0.15, -0.1) is 0 Å². The van der Waals surface area contributed by atoms with Gasteiger partial charge in [-0.2, -0.15) is 0 Å². The predicted molar refractivity (Wildman–Crippen MR) is 102 cm³/mol. The van der Waals surface area contributed by atoms with Crippen LogP contribution in [-0.2, 0) is 22.9 Å². The number of anilines is 1. The number of benzene rings is 2. The number of aryl methyl sites for hydroxylation is 1. The smallest absolute Gasteiger partial charge is 0.244 e. The molecular formula is C19H26N2O3S. The zero-order chi connectivity index (χ0) is 18.4. The summed E-state index contributed by atoms with van der Waals surface area (Å²) in [6.45, 7) is 2.33. The van der Waals surface area contributed by atoms with Crippen LogP contribution in [0.1, 0.15) is 18.1 Å². The van der Waals surface area contributed by atoms with Gasteiger partial charge in [0.1, 0.15) is 10.6 Å². The average molecular weight is 362 g/mol. The highest BCUT2D eigenvalue weighted by Gasteiger charge is 2.19. The van der Waals surface area contributed by atoms with E-state index in [2.05, 4.69) is 4.72 Å². The second-order valence-corrected chi connectivity index (χ2v) is 7.78. The van der Waals surface area contributed by atoms with E-state index in [4.69, 9.17) is 4.74 Å². The fourth-order valence-electron chi connectivity index (χ4n) is 2.52. The first-order valence-corrected chi connectivity index (χ1v) is 9.78. The lowest BCUT2D eigenvalue weighted by molar-refractivity contribution is 0.402. The van der Waals surface area contributed by atoms with E-state index in [1.165, 1.54) is 7.11 Å². The van der Waals surface area contributed by atoms with Crippen molar-refractivity contribution in [2.75, 3.05) is 32.6 Å². The Labute approximate surface area is 150 Å². The molecule has 0 fully saturated rings. The van der Waals surface area contributed by atoms with Gasteiger partial charge in [-0.3, -0.25) is 0 Å². The van der Waals surface area contributed by atoms with Crippen molar-refractivity contribution in [3.8, 4) is 5.75 Å². The third-order valence-corrected chi connectivity index (χ3v) is 5.57. The molecule has 136 valence electrons. The van der Waals surface area contributed by atoms with Crippen LogP contribution in [0, 0.1) is 0 Å². The summed E-state index contributed by atoms with van der Waals surface area (Å²) in [6, 6.07) is 13.3. The van der Waals surface area contributed by atoms with Gasteiger partial charge in [0.25, 0.3) is 0 Å². The van der Waals surface area contributed by atoms with Gasteiger partial charge in [-0.25, -0.2) is 13.1 Å². The Bertz CT molecular complexity index is 800. The molecule has 0 aliphatic rings. The van der Waals surface area contributed by atoms with E-state index in [1.807, 2.05) is 56.3 Å². The number of nitrogens with one attached hydrogen (secondary N) is 1. The lowest BCUT2D eigenvalue weighted by Gasteiger charge is -2.13. The number of rotatable bonds is 8. The highest BCUT2D eigenvalue weighted by atomic mass is 32.2.